The van der Waals surface area contributed by atoms with Crippen LogP contribution >= 0.6 is 0 Å². The Morgan fingerprint density at radius 2 is 0.812 bits per heavy atom. The second kappa shape index (κ2) is 29.2. The molecule has 0 aromatic carbocycles. The van der Waals surface area contributed by atoms with E-state index in [1.807, 2.05) is 0 Å². The molecule has 0 aromatic rings. The van der Waals surface area contributed by atoms with E-state index in [9.17, 15) is 0 Å². The maximum atomic E-state index is 8.25. The zero-order valence-corrected chi connectivity index (χ0v) is 10.2. The van der Waals surface area contributed by atoms with Crippen LogP contribution in [0.1, 0.15) is 6.92 Å². The molecule has 0 aliphatic carbocycles. The van der Waals surface area contributed by atoms with Crippen LogP contribution in [0.25, 0.3) is 0 Å². The molecular weight excluding hydrogens is 376 g/mol. The molecule has 95 valence electrons. The number of nitrogens with zero attached hydrogens (tertiary/aromatic N) is 3. The molecule has 0 aliphatic heterocycles. The summed E-state index contributed by atoms with van der Waals surface area (Å²) in [6.07, 6.45) is 0. The molecule has 0 spiro atoms. The van der Waals surface area contributed by atoms with Crippen LogP contribution in [0.3, 0.4) is 0 Å². The summed E-state index contributed by atoms with van der Waals surface area (Å²) in [6, 6.07) is 0. The van der Waals surface area contributed by atoms with Gasteiger partial charge in [0.1, 0.15) is 0 Å². The average Bonchev–Trinajstić information content (AvgIpc) is 1.81. The third kappa shape index (κ3) is 1500. The molecule has 0 rings (SSSR count). The van der Waals surface area contributed by atoms with Crippen LogP contribution < -0.4 is 0 Å². The Morgan fingerprint density at radius 1 is 0.812 bits per heavy atom. The molecule has 0 heterocycles. The van der Waals surface area contributed by atoms with Crippen LogP contribution in [-0.2, 0) is 0 Å². The zero-order chi connectivity index (χ0) is 13.4. The second-order valence-electron chi connectivity index (χ2n) is 0.987. The Bertz CT molecular complexity index is 133. The fraction of sp³-hybridized carbons (Fsp3) is 1.00. The maximum absolute atomic E-state index is 8.25. The first kappa shape index (κ1) is 29.4. The van der Waals surface area contributed by atoms with Crippen molar-refractivity contribution in [1.82, 2.24) is 0 Å². The van der Waals surface area contributed by atoms with Crippen LogP contribution in [0, 0.1) is 86.4 Å². The SMILES string of the molecule is CCO.O=[N+]([O-])[O-].O=[N+]([O-])[O-].O=[N+]([O-])[O-].[Sm+3]. The predicted molar refractivity (Wildman–Crippen MR) is 43.8 cm³/mol. The van der Waals surface area contributed by atoms with E-state index in [4.69, 9.17) is 51.1 Å². The second-order valence-corrected chi connectivity index (χ2v) is 0.987. The van der Waals surface area contributed by atoms with Gasteiger partial charge in [-0.05, 0) is 6.92 Å². The Labute approximate surface area is 120 Å². The summed E-state index contributed by atoms with van der Waals surface area (Å²) < 4.78 is 0. The minimum Gasteiger partial charge on any atom is -0.397 e. The van der Waals surface area contributed by atoms with E-state index >= 15 is 0 Å². The zero-order valence-electron chi connectivity index (χ0n) is 7.58. The van der Waals surface area contributed by atoms with Crippen molar-refractivity contribution in [3.63, 3.8) is 0 Å². The van der Waals surface area contributed by atoms with E-state index in [2.05, 4.69) is 0 Å². The van der Waals surface area contributed by atoms with Crippen molar-refractivity contribution in [3.05, 3.63) is 46.0 Å². The number of hydrogen-bond donors (Lipinski definition) is 1. The Balaban J connectivity index is -0.0000000331. The minimum atomic E-state index is -1.75. The molecule has 14 heteroatoms. The summed E-state index contributed by atoms with van der Waals surface area (Å²) in [5, 5.41) is 51.8. The van der Waals surface area contributed by atoms with E-state index in [-0.39, 0.29) is 47.0 Å². The van der Waals surface area contributed by atoms with Gasteiger partial charge in [-0.2, -0.15) is 0 Å². The molecule has 0 unspecified atom stereocenters. The molecule has 0 aromatic heterocycles. The largest absolute Gasteiger partial charge is 3.00 e. The molecule has 0 bridgehead atoms. The van der Waals surface area contributed by atoms with Crippen molar-refractivity contribution in [2.75, 3.05) is 6.61 Å². The molecule has 0 aliphatic rings. The molecular formula is C2H6N3O10Sm. The first-order valence-electron chi connectivity index (χ1n) is 2.67. The monoisotopic (exact) mass is 384 g/mol. The fourth-order valence-corrected chi connectivity index (χ4v) is 0. The minimum absolute atomic E-state index is 0. The van der Waals surface area contributed by atoms with Crippen molar-refractivity contribution < 1.29 is 60.8 Å². The molecule has 13 nitrogen and oxygen atoms in total. The summed E-state index contributed by atoms with van der Waals surface area (Å²) in [7, 11) is 0. The van der Waals surface area contributed by atoms with Gasteiger partial charge < -0.3 is 51.1 Å². The molecule has 0 fully saturated rings. The van der Waals surface area contributed by atoms with Crippen molar-refractivity contribution in [2.45, 2.75) is 6.92 Å². The molecule has 1 N–H and O–H groups in total. The van der Waals surface area contributed by atoms with Gasteiger partial charge in [0.2, 0.25) is 0 Å². The van der Waals surface area contributed by atoms with Crippen LogP contribution in [0.5, 0.6) is 0 Å². The van der Waals surface area contributed by atoms with Crippen LogP contribution in [-0.4, -0.2) is 27.0 Å². The van der Waals surface area contributed by atoms with Gasteiger partial charge >= 0.3 is 40.4 Å². The van der Waals surface area contributed by atoms with Gasteiger partial charge in [0.05, 0.1) is 15.3 Å². The third-order valence-electron chi connectivity index (χ3n) is 0. The topological polar surface area (TPSA) is 219 Å². The van der Waals surface area contributed by atoms with E-state index in [0.717, 1.165) is 0 Å². The maximum Gasteiger partial charge on any atom is 3.00 e. The quantitative estimate of drug-likeness (QED) is 0.409. The molecule has 16 heavy (non-hydrogen) atoms. The van der Waals surface area contributed by atoms with Crippen LogP contribution in [0.2, 0.25) is 0 Å². The van der Waals surface area contributed by atoms with Crippen molar-refractivity contribution in [2.24, 2.45) is 0 Å². The smallest absolute Gasteiger partial charge is 0.397 e. The van der Waals surface area contributed by atoms with Gasteiger partial charge in [0, 0.05) is 6.61 Å². The summed E-state index contributed by atoms with van der Waals surface area (Å²) in [5.74, 6) is 0. The molecule has 0 amide bonds. The van der Waals surface area contributed by atoms with E-state index < -0.39 is 15.3 Å². The van der Waals surface area contributed by atoms with Gasteiger partial charge in [0.25, 0.3) is 0 Å². The Kier molecular flexibility index (Phi) is 53.6. The first-order valence-corrected chi connectivity index (χ1v) is 2.67. The summed E-state index contributed by atoms with van der Waals surface area (Å²) in [6.45, 7) is 1.93. The van der Waals surface area contributed by atoms with Gasteiger partial charge in [-0.1, -0.05) is 0 Å². The average molecular weight is 382 g/mol. The fourth-order valence-electron chi connectivity index (χ4n) is 0. The van der Waals surface area contributed by atoms with Crippen molar-refractivity contribution in [1.29, 1.82) is 0 Å². The van der Waals surface area contributed by atoms with E-state index in [0.29, 0.717) is 0 Å². The van der Waals surface area contributed by atoms with Crippen LogP contribution in [0.15, 0.2) is 0 Å². The summed E-state index contributed by atoms with van der Waals surface area (Å²) in [4.78, 5) is 24.8. The summed E-state index contributed by atoms with van der Waals surface area (Å²) >= 11 is 0. The number of rotatable bonds is 0. The standard InChI is InChI=1S/C2H6O.3NO3.Sm/c1-2-3;3*2-1(3)4;/h3H,2H2,1H3;;;;/q;3*-1;+3. The van der Waals surface area contributed by atoms with Gasteiger partial charge in [-0.15, -0.1) is 0 Å². The predicted octanol–water partition coefficient (Wildman–Crippen LogP) is -0.719. The third-order valence-corrected chi connectivity index (χ3v) is 0. The van der Waals surface area contributed by atoms with Crippen molar-refractivity contribution >= 4 is 0 Å². The molecule has 0 saturated carbocycles. The normalized spacial score (nSPS) is 5.62. The van der Waals surface area contributed by atoms with E-state index in [1.165, 1.54) is 0 Å². The molecule has 0 atom stereocenters. The number of aliphatic hydroxyl groups excluding tert-OH is 1. The van der Waals surface area contributed by atoms with Gasteiger partial charge in [0.15, 0.2) is 0 Å². The Morgan fingerprint density at radius 3 is 0.812 bits per heavy atom. The first-order chi connectivity index (χ1) is 6.61. The molecule has 0 saturated heterocycles. The van der Waals surface area contributed by atoms with Crippen LogP contribution in [0.4, 0.5) is 0 Å². The molecule has 1 radical (unpaired) electrons. The van der Waals surface area contributed by atoms with Gasteiger partial charge in [-0.25, -0.2) is 0 Å². The number of aliphatic hydroxyl groups is 1. The van der Waals surface area contributed by atoms with Crippen molar-refractivity contribution in [3.8, 4) is 0 Å². The van der Waals surface area contributed by atoms with E-state index in [1.54, 1.807) is 6.92 Å². The Hall–Kier alpha value is -1.10. The number of hydrogen-bond acceptors (Lipinski definition) is 10. The summed E-state index contributed by atoms with van der Waals surface area (Å²) in [5.41, 5.74) is 0. The van der Waals surface area contributed by atoms with Gasteiger partial charge in [-0.3, -0.25) is 0 Å².